The summed E-state index contributed by atoms with van der Waals surface area (Å²) in [6.45, 7) is 0. The van der Waals surface area contributed by atoms with Crippen molar-refractivity contribution in [2.75, 3.05) is 0 Å². The Hall–Kier alpha value is -0.418. The molecule has 0 saturated heterocycles. The Labute approximate surface area is 109 Å². The van der Waals surface area contributed by atoms with Crippen molar-refractivity contribution in [1.82, 2.24) is 0 Å². The zero-order chi connectivity index (χ0) is 8.31. The van der Waals surface area contributed by atoms with Gasteiger partial charge < -0.3 is 47.8 Å². The van der Waals surface area contributed by atoms with Crippen LogP contribution in [0.15, 0.2) is 0 Å². The van der Waals surface area contributed by atoms with Crippen molar-refractivity contribution in [2.24, 2.45) is 0 Å². The molecule has 2 unspecified atom stereocenters. The first kappa shape index (κ1) is 45.0. The monoisotopic (exact) mass is 354 g/mol. The molecule has 11 nitrogen and oxygen atoms in total. The maximum absolute atomic E-state index is 9.77. The molecule has 14 N–H and O–H groups in total. The third-order valence-electron chi connectivity index (χ3n) is 0.805. The van der Waals surface area contributed by atoms with Gasteiger partial charge in [-0.15, -0.1) is 0 Å². The molecule has 0 aliphatic heterocycles. The molecule has 16 heavy (non-hydrogen) atoms. The maximum Gasteiger partial charge on any atom is 0.335 e. The number of aliphatic hydroxyl groups is 2. The third kappa shape index (κ3) is 16.0. The van der Waals surface area contributed by atoms with Crippen LogP contribution in [0.4, 0.5) is 0 Å². The molecule has 2 atom stereocenters. The Morgan fingerprint density at radius 3 is 0.875 bits per heavy atom. The molecule has 0 radical (unpaired) electrons. The summed E-state index contributed by atoms with van der Waals surface area (Å²) in [5, 5.41) is 32.5. The summed E-state index contributed by atoms with van der Waals surface area (Å²) in [5.74, 6) is -3.54. The molecule has 0 aliphatic rings. The molecule has 0 bridgehead atoms. The van der Waals surface area contributed by atoms with Gasteiger partial charge in [-0.3, -0.25) is 0 Å². The van der Waals surface area contributed by atoms with Gasteiger partial charge in [-0.2, -0.15) is 0 Å². The van der Waals surface area contributed by atoms with Crippen LogP contribution in [-0.4, -0.2) is 72.0 Å². The van der Waals surface area contributed by atoms with E-state index in [-0.39, 0.29) is 54.7 Å². The molecule has 0 amide bonds. The molecular weight excluding hydrogens is 336 g/mol. The van der Waals surface area contributed by atoms with E-state index in [1.54, 1.807) is 0 Å². The van der Waals surface area contributed by atoms with Crippen molar-refractivity contribution in [2.45, 2.75) is 12.2 Å². The largest absolute Gasteiger partial charge is 0.479 e. The molecule has 0 aromatic rings. The molecule has 0 rings (SSSR count). The Kier molecular flexibility index (Phi) is 56.4. The Balaban J connectivity index is -0.0000000270. The first-order valence-electron chi connectivity index (χ1n) is 2.28. The molecule has 0 fully saturated rings. The van der Waals surface area contributed by atoms with Crippen LogP contribution in [0.1, 0.15) is 0 Å². The second kappa shape index (κ2) is 20.1. The Morgan fingerprint density at radius 2 is 0.812 bits per heavy atom. The van der Waals surface area contributed by atoms with Gasteiger partial charge in [0.15, 0.2) is 12.2 Å². The van der Waals surface area contributed by atoms with Gasteiger partial charge in [-0.25, -0.2) is 9.59 Å². The molecule has 100 valence electrons. The van der Waals surface area contributed by atoms with Gasteiger partial charge in [-0.05, 0) is 0 Å². The molecule has 0 aliphatic carbocycles. The van der Waals surface area contributed by atoms with Gasteiger partial charge in [0.2, 0.25) is 0 Å². The third-order valence-corrected chi connectivity index (χ3v) is 0.805. The molecule has 12 heteroatoms. The van der Waals surface area contributed by atoms with Crippen molar-refractivity contribution in [3.05, 3.63) is 0 Å². The number of carboxylic acids is 2. The van der Waals surface area contributed by atoms with Gasteiger partial charge in [0, 0.05) is 27.3 Å². The van der Waals surface area contributed by atoms with Crippen LogP contribution in [0.3, 0.4) is 0 Å². The standard InChI is InChI=1S/C4H6O6.Cd.5H2O/c5-1(3(7)8)2(6)4(9)10;;;;;;/h1-2,5-6H,(H,7,8)(H,9,10);;5*1H2. The van der Waals surface area contributed by atoms with Crippen molar-refractivity contribution in [3.8, 4) is 0 Å². The molecule has 0 saturated carbocycles. The Bertz CT molecular complexity index is 142. The van der Waals surface area contributed by atoms with E-state index in [4.69, 9.17) is 20.4 Å². The van der Waals surface area contributed by atoms with Crippen LogP contribution in [0.5, 0.6) is 0 Å². The Morgan fingerprint density at radius 1 is 0.688 bits per heavy atom. The molecule has 0 spiro atoms. The summed E-state index contributed by atoms with van der Waals surface area (Å²) in [4.78, 5) is 19.5. The van der Waals surface area contributed by atoms with Gasteiger partial charge in [-0.1, -0.05) is 0 Å². The summed E-state index contributed by atoms with van der Waals surface area (Å²) in [6.07, 6.45) is -4.53. The van der Waals surface area contributed by atoms with Gasteiger partial charge in [0.1, 0.15) is 0 Å². The summed E-state index contributed by atoms with van der Waals surface area (Å²) < 4.78 is 0. The zero-order valence-corrected chi connectivity index (χ0v) is 12.0. The summed E-state index contributed by atoms with van der Waals surface area (Å²) in [5.41, 5.74) is 0. The zero-order valence-electron chi connectivity index (χ0n) is 7.97. The number of hydrogen-bond donors (Lipinski definition) is 4. The van der Waals surface area contributed by atoms with Crippen molar-refractivity contribution >= 4 is 11.9 Å². The SMILES string of the molecule is O.O.O.O.O.O=C(O)C(O)C(O)C(=O)O.[Cd]. The first-order chi connectivity index (χ1) is 4.46. The topological polar surface area (TPSA) is 273 Å². The van der Waals surface area contributed by atoms with Gasteiger partial charge >= 0.3 is 11.9 Å². The minimum atomic E-state index is -2.27. The number of rotatable bonds is 3. The summed E-state index contributed by atoms with van der Waals surface area (Å²) in [6, 6.07) is 0. The van der Waals surface area contributed by atoms with Crippen LogP contribution >= 0.6 is 0 Å². The second-order valence-electron chi connectivity index (χ2n) is 1.57. The predicted molar refractivity (Wildman–Crippen MR) is 45.4 cm³/mol. The van der Waals surface area contributed by atoms with Crippen LogP contribution in [0.25, 0.3) is 0 Å². The average Bonchev–Trinajstić information content (AvgIpc) is 1.84. The minimum Gasteiger partial charge on any atom is -0.479 e. The maximum atomic E-state index is 9.77. The van der Waals surface area contributed by atoms with E-state index < -0.39 is 24.1 Å². The van der Waals surface area contributed by atoms with E-state index in [1.165, 1.54) is 0 Å². The second-order valence-corrected chi connectivity index (χ2v) is 1.57. The van der Waals surface area contributed by atoms with Crippen molar-refractivity contribution in [1.29, 1.82) is 0 Å². The fourth-order valence-electron chi connectivity index (χ4n) is 0.270. The number of aliphatic carboxylic acids is 2. The van der Waals surface area contributed by atoms with E-state index in [1.807, 2.05) is 0 Å². The molecule has 0 heterocycles. The normalized spacial score (nSPS) is 9.88. The van der Waals surface area contributed by atoms with E-state index in [0.717, 1.165) is 0 Å². The van der Waals surface area contributed by atoms with Gasteiger partial charge in [0.05, 0.1) is 0 Å². The number of carbonyl (C=O) groups is 2. The number of aliphatic hydroxyl groups excluding tert-OH is 2. The van der Waals surface area contributed by atoms with E-state index in [9.17, 15) is 9.59 Å². The van der Waals surface area contributed by atoms with E-state index >= 15 is 0 Å². The molecular formula is C4H16CdO11. The average molecular weight is 353 g/mol. The summed E-state index contributed by atoms with van der Waals surface area (Å²) in [7, 11) is 0. The van der Waals surface area contributed by atoms with E-state index in [0.29, 0.717) is 0 Å². The van der Waals surface area contributed by atoms with E-state index in [2.05, 4.69) is 0 Å². The smallest absolute Gasteiger partial charge is 0.335 e. The minimum absolute atomic E-state index is 0. The van der Waals surface area contributed by atoms with Crippen molar-refractivity contribution < 1.29 is 84.7 Å². The molecule has 0 aromatic carbocycles. The van der Waals surface area contributed by atoms with Crippen LogP contribution in [-0.2, 0) is 36.9 Å². The van der Waals surface area contributed by atoms with Crippen molar-refractivity contribution in [3.63, 3.8) is 0 Å². The van der Waals surface area contributed by atoms with Crippen LogP contribution in [0.2, 0.25) is 0 Å². The van der Waals surface area contributed by atoms with Crippen LogP contribution in [0, 0.1) is 0 Å². The number of carboxylic acid groups (broad SMARTS) is 2. The number of hydrogen-bond acceptors (Lipinski definition) is 4. The molecule has 0 aromatic heterocycles. The fourth-order valence-corrected chi connectivity index (χ4v) is 0.270. The fraction of sp³-hybridized carbons (Fsp3) is 0.500. The van der Waals surface area contributed by atoms with Crippen LogP contribution < -0.4 is 0 Å². The first-order valence-corrected chi connectivity index (χ1v) is 2.28. The summed E-state index contributed by atoms with van der Waals surface area (Å²) >= 11 is 0. The van der Waals surface area contributed by atoms with Gasteiger partial charge in [0.25, 0.3) is 0 Å². The predicted octanol–water partition coefficient (Wildman–Crippen LogP) is -6.25. The quantitative estimate of drug-likeness (QED) is 0.358.